The minimum atomic E-state index is -0.734. The molecule has 1 aromatic carbocycles. The van der Waals surface area contributed by atoms with E-state index in [4.69, 9.17) is 13.9 Å². The van der Waals surface area contributed by atoms with Crippen LogP contribution < -0.4 is 5.63 Å². The normalized spacial score (nSPS) is 12.3. The molecule has 2 N–H and O–H groups in total. The van der Waals surface area contributed by atoms with Gasteiger partial charge < -0.3 is 24.1 Å². The van der Waals surface area contributed by atoms with E-state index in [2.05, 4.69) is 15.9 Å². The van der Waals surface area contributed by atoms with Crippen LogP contribution in [-0.4, -0.2) is 51.3 Å². The number of fused-ring (bicyclic) bond motifs is 1. The van der Waals surface area contributed by atoms with Crippen molar-refractivity contribution in [2.45, 2.75) is 65.9 Å². The van der Waals surface area contributed by atoms with Crippen molar-refractivity contribution >= 4 is 38.8 Å². The molecule has 0 fully saturated rings. The van der Waals surface area contributed by atoms with Gasteiger partial charge in [-0.15, -0.1) is 0 Å². The van der Waals surface area contributed by atoms with Crippen LogP contribution in [0.25, 0.3) is 11.0 Å². The van der Waals surface area contributed by atoms with Gasteiger partial charge >= 0.3 is 17.6 Å². The lowest BCUT2D eigenvalue weighted by Gasteiger charge is -2.26. The molecule has 33 heavy (non-hydrogen) atoms. The molecule has 1 aromatic heterocycles. The summed E-state index contributed by atoms with van der Waals surface area (Å²) in [7, 11) is 0. The molecule has 182 valence electrons. The number of hydrogen-bond donors (Lipinski definition) is 2. The quantitative estimate of drug-likeness (QED) is 0.411. The average molecular weight is 528 g/mol. The third-order valence-corrected chi connectivity index (χ3v) is 4.84. The molecule has 0 radical (unpaired) electrons. The second-order valence-electron chi connectivity index (χ2n) is 9.63. The summed E-state index contributed by atoms with van der Waals surface area (Å²) in [5.74, 6) is -1.39. The van der Waals surface area contributed by atoms with Crippen LogP contribution in [0.5, 0.6) is 5.75 Å². The second-order valence-corrected chi connectivity index (χ2v) is 10.5. The largest absolute Gasteiger partial charge is 0.506 e. The summed E-state index contributed by atoms with van der Waals surface area (Å²) in [5, 5.41) is 20.8. The molecule has 10 heteroatoms. The van der Waals surface area contributed by atoms with Crippen LogP contribution in [0.3, 0.4) is 0 Å². The van der Waals surface area contributed by atoms with Crippen LogP contribution in [0.15, 0.2) is 25.8 Å². The summed E-state index contributed by atoms with van der Waals surface area (Å²) in [6.45, 7) is 9.22. The lowest BCUT2D eigenvalue weighted by atomic mass is 10.0. The van der Waals surface area contributed by atoms with Gasteiger partial charge in [-0.2, -0.15) is 0 Å². The van der Waals surface area contributed by atoms with Crippen molar-refractivity contribution in [3.8, 4) is 5.75 Å². The number of nitrogens with zero attached hydrogens (tertiary/aromatic N) is 1. The topological polar surface area (TPSA) is 127 Å². The number of hydrogen-bond acceptors (Lipinski definition) is 9. The van der Waals surface area contributed by atoms with E-state index < -0.39 is 35.4 Å². The van der Waals surface area contributed by atoms with Gasteiger partial charge in [-0.3, -0.25) is 14.5 Å². The summed E-state index contributed by atoms with van der Waals surface area (Å²) in [5.41, 5.74) is -1.65. The molecular formula is C23H30BrNO8. The Morgan fingerprint density at radius 3 is 2.00 bits per heavy atom. The Kier molecular flexibility index (Phi) is 8.32. The van der Waals surface area contributed by atoms with Crippen molar-refractivity contribution in [1.82, 2.24) is 4.90 Å². The molecule has 0 aliphatic heterocycles. The number of phenolic OH excluding ortho intramolecular Hbond substituents is 1. The Labute approximate surface area is 200 Å². The van der Waals surface area contributed by atoms with Gasteiger partial charge in [0.05, 0.1) is 29.7 Å². The van der Waals surface area contributed by atoms with Crippen molar-refractivity contribution in [3.05, 3.63) is 38.2 Å². The van der Waals surface area contributed by atoms with Crippen LogP contribution in [0.2, 0.25) is 0 Å². The maximum Gasteiger partial charge on any atom is 0.336 e. The third-order valence-electron chi connectivity index (χ3n) is 4.24. The first-order chi connectivity index (χ1) is 15.1. The highest BCUT2D eigenvalue weighted by atomic mass is 79.9. The fraction of sp³-hybridized carbons (Fsp3) is 0.522. The summed E-state index contributed by atoms with van der Waals surface area (Å²) < 4.78 is 16.4. The van der Waals surface area contributed by atoms with Gasteiger partial charge in [-0.05, 0) is 69.1 Å². The van der Waals surface area contributed by atoms with E-state index in [1.807, 2.05) is 0 Å². The number of benzene rings is 1. The third kappa shape index (κ3) is 7.83. The van der Waals surface area contributed by atoms with Crippen LogP contribution in [0.4, 0.5) is 0 Å². The van der Waals surface area contributed by atoms with Gasteiger partial charge in [0.15, 0.2) is 0 Å². The van der Waals surface area contributed by atoms with Crippen molar-refractivity contribution in [2.24, 2.45) is 0 Å². The molecular weight excluding hydrogens is 498 g/mol. The first kappa shape index (κ1) is 26.8. The number of phenols is 1. The van der Waals surface area contributed by atoms with Crippen LogP contribution >= 0.6 is 15.9 Å². The van der Waals surface area contributed by atoms with Crippen molar-refractivity contribution in [3.63, 3.8) is 0 Å². The van der Waals surface area contributed by atoms with E-state index in [9.17, 15) is 24.6 Å². The molecule has 0 saturated heterocycles. The number of aliphatic hydroxyl groups excluding tert-OH is 1. The molecule has 2 rings (SSSR count). The van der Waals surface area contributed by atoms with Crippen molar-refractivity contribution < 1.29 is 33.7 Å². The smallest absolute Gasteiger partial charge is 0.336 e. The number of rotatable bonds is 7. The number of halogens is 1. The zero-order chi connectivity index (χ0) is 25.1. The molecule has 0 amide bonds. The molecule has 1 heterocycles. The molecule has 0 spiro atoms. The molecule has 0 unspecified atom stereocenters. The zero-order valence-corrected chi connectivity index (χ0v) is 21.2. The molecule has 0 saturated carbocycles. The van der Waals surface area contributed by atoms with Crippen molar-refractivity contribution in [1.29, 1.82) is 0 Å². The monoisotopic (exact) mass is 527 g/mol. The maximum atomic E-state index is 12.5. The Balaban J connectivity index is 2.50. The van der Waals surface area contributed by atoms with E-state index in [-0.39, 0.29) is 36.5 Å². The van der Waals surface area contributed by atoms with Gasteiger partial charge in [0.1, 0.15) is 22.5 Å². The van der Waals surface area contributed by atoms with Gasteiger partial charge in [-0.25, -0.2) is 4.79 Å². The van der Waals surface area contributed by atoms with Crippen LogP contribution in [0, 0.1) is 0 Å². The maximum absolute atomic E-state index is 12.5. The predicted molar refractivity (Wildman–Crippen MR) is 125 cm³/mol. The molecule has 0 aliphatic rings. The highest BCUT2D eigenvalue weighted by molar-refractivity contribution is 9.10. The van der Waals surface area contributed by atoms with E-state index in [0.717, 1.165) is 6.07 Å². The Bertz CT molecular complexity index is 1060. The Morgan fingerprint density at radius 2 is 1.55 bits per heavy atom. The van der Waals surface area contributed by atoms with Crippen LogP contribution in [0.1, 0.15) is 52.7 Å². The van der Waals surface area contributed by atoms with Gasteiger partial charge in [0.2, 0.25) is 0 Å². The Morgan fingerprint density at radius 1 is 1.03 bits per heavy atom. The minimum absolute atomic E-state index is 0.0469. The van der Waals surface area contributed by atoms with Crippen molar-refractivity contribution in [2.75, 3.05) is 13.1 Å². The summed E-state index contributed by atoms with van der Waals surface area (Å²) in [6, 6.07) is 2.68. The second kappa shape index (κ2) is 10.2. The average Bonchev–Trinajstić information content (AvgIpc) is 2.62. The van der Waals surface area contributed by atoms with Crippen LogP contribution in [-0.2, 0) is 32.2 Å². The SMILES string of the molecule is CC(C)(C)OC(=O)CN(CC(=O)OC(C)(C)C)Cc1c(O)c(Br)cc2c(CO)cc(=O)oc12. The first-order valence-corrected chi connectivity index (χ1v) is 11.1. The zero-order valence-electron chi connectivity index (χ0n) is 19.7. The number of aliphatic hydroxyl groups is 1. The first-order valence-electron chi connectivity index (χ1n) is 10.3. The molecule has 0 aliphatic carbocycles. The lowest BCUT2D eigenvalue weighted by molar-refractivity contribution is -0.160. The minimum Gasteiger partial charge on any atom is -0.506 e. The molecule has 2 aromatic rings. The van der Waals surface area contributed by atoms with E-state index >= 15 is 0 Å². The predicted octanol–water partition coefficient (Wildman–Crippen LogP) is 3.24. The fourth-order valence-electron chi connectivity index (χ4n) is 3.16. The molecule has 9 nitrogen and oxygen atoms in total. The van der Waals surface area contributed by atoms with E-state index in [1.165, 1.54) is 11.0 Å². The number of aromatic hydroxyl groups is 1. The van der Waals surface area contributed by atoms with Gasteiger partial charge in [0, 0.05) is 18.0 Å². The lowest BCUT2D eigenvalue weighted by Crippen LogP contribution is -2.39. The van der Waals surface area contributed by atoms with Gasteiger partial charge in [0.25, 0.3) is 0 Å². The molecule has 0 atom stereocenters. The summed E-state index contributed by atoms with van der Waals surface area (Å²) >= 11 is 3.27. The number of carbonyl (C=O) groups is 2. The van der Waals surface area contributed by atoms with E-state index in [0.29, 0.717) is 15.4 Å². The van der Waals surface area contributed by atoms with Gasteiger partial charge in [-0.1, -0.05) is 0 Å². The summed E-state index contributed by atoms with van der Waals surface area (Å²) in [6.07, 6.45) is 0. The summed E-state index contributed by atoms with van der Waals surface area (Å²) in [4.78, 5) is 38.5. The number of carbonyl (C=O) groups excluding carboxylic acids is 2. The highest BCUT2D eigenvalue weighted by Crippen LogP contribution is 2.36. The fourth-order valence-corrected chi connectivity index (χ4v) is 3.63. The molecule has 0 bridgehead atoms. The standard InChI is InChI=1S/C23H30BrNO8/c1-22(2,3)32-18(28)10-25(11-19(29)33-23(4,5)6)9-15-20(30)16(24)8-14-13(12-26)7-17(27)31-21(14)15/h7-8,26,30H,9-12H2,1-6H3. The highest BCUT2D eigenvalue weighted by Gasteiger charge is 2.26. The number of esters is 2. The van der Waals surface area contributed by atoms with E-state index in [1.54, 1.807) is 41.5 Å². The Hall–Kier alpha value is -2.43. The number of ether oxygens (including phenoxy) is 2.